The number of aliphatic hydroxyl groups excluding tert-OH is 2. The van der Waals surface area contributed by atoms with Crippen molar-refractivity contribution in [2.75, 3.05) is 11.9 Å². The van der Waals surface area contributed by atoms with Gasteiger partial charge in [-0.2, -0.15) is 0 Å². The van der Waals surface area contributed by atoms with E-state index < -0.39 is 24.5 Å². The third-order valence-corrected chi connectivity index (χ3v) is 5.87. The van der Waals surface area contributed by atoms with Crippen molar-refractivity contribution in [3.8, 4) is 16.9 Å². The molecule has 8 heteroatoms. The summed E-state index contributed by atoms with van der Waals surface area (Å²) in [5, 5.41) is 25.1. The monoisotopic (exact) mass is 446 g/mol. The molecule has 3 N–H and O–H groups in total. The number of nitrogens with one attached hydrogen (secondary N) is 1. The fourth-order valence-corrected chi connectivity index (χ4v) is 4.21. The third-order valence-electron chi connectivity index (χ3n) is 5.87. The van der Waals surface area contributed by atoms with Crippen LogP contribution in [0.25, 0.3) is 22.2 Å². The van der Waals surface area contributed by atoms with Crippen molar-refractivity contribution in [2.45, 2.75) is 38.4 Å². The van der Waals surface area contributed by atoms with Gasteiger partial charge in [0.2, 0.25) is 0 Å². The van der Waals surface area contributed by atoms with Crippen molar-refractivity contribution in [1.29, 1.82) is 0 Å². The number of nitrogens with zero attached hydrogens (tertiary/aromatic N) is 3. The SMILES string of the molecule is CCOc1ccc(Nc2ncnc3c2c(-c2ccccc2)cn3[C@@H]2O[C@H](C)[C@@H](O)[C@H]2O)cc1. The molecule has 2 aromatic heterocycles. The number of hydrogen-bond donors (Lipinski definition) is 3. The second-order valence-corrected chi connectivity index (χ2v) is 8.03. The number of anilines is 2. The standard InChI is InChI=1S/C25H26N4O4/c1-3-32-18-11-9-17(10-12-18)28-23-20-19(16-7-5-4-6-8-16)13-29(24(20)27-14-26-23)25-22(31)21(30)15(2)33-25/h4-15,21-22,25,30-31H,3H2,1-2H3,(H,26,27,28)/t15-,21-,22-,25-/m1/s1. The van der Waals surface area contributed by atoms with Crippen LogP contribution in [0.3, 0.4) is 0 Å². The molecule has 0 aliphatic carbocycles. The van der Waals surface area contributed by atoms with Crippen LogP contribution >= 0.6 is 0 Å². The molecule has 5 rings (SSSR count). The maximum absolute atomic E-state index is 10.6. The van der Waals surface area contributed by atoms with Gasteiger partial charge < -0.3 is 29.6 Å². The first-order chi connectivity index (χ1) is 16.1. The van der Waals surface area contributed by atoms with E-state index in [9.17, 15) is 10.2 Å². The molecule has 0 radical (unpaired) electrons. The molecular weight excluding hydrogens is 420 g/mol. The first-order valence-corrected chi connectivity index (χ1v) is 11.0. The van der Waals surface area contributed by atoms with Gasteiger partial charge in [-0.25, -0.2) is 9.97 Å². The van der Waals surface area contributed by atoms with Crippen LogP contribution in [0.1, 0.15) is 20.1 Å². The van der Waals surface area contributed by atoms with Crippen molar-refractivity contribution in [3.05, 3.63) is 67.1 Å². The molecule has 0 saturated carbocycles. The van der Waals surface area contributed by atoms with E-state index in [1.165, 1.54) is 6.33 Å². The first kappa shape index (κ1) is 21.4. The zero-order valence-corrected chi connectivity index (χ0v) is 18.4. The molecule has 1 saturated heterocycles. The summed E-state index contributed by atoms with van der Waals surface area (Å²) in [5.41, 5.74) is 3.32. The number of aromatic nitrogens is 3. The summed E-state index contributed by atoms with van der Waals surface area (Å²) >= 11 is 0. The number of ether oxygens (including phenoxy) is 2. The van der Waals surface area contributed by atoms with Crippen molar-refractivity contribution in [3.63, 3.8) is 0 Å². The fourth-order valence-electron chi connectivity index (χ4n) is 4.21. The zero-order chi connectivity index (χ0) is 22.9. The molecule has 4 atom stereocenters. The van der Waals surface area contributed by atoms with E-state index in [0.29, 0.717) is 18.1 Å². The van der Waals surface area contributed by atoms with E-state index in [2.05, 4.69) is 15.3 Å². The predicted octanol–water partition coefficient (Wildman–Crippen LogP) is 3.88. The molecule has 1 aliphatic rings. The molecule has 33 heavy (non-hydrogen) atoms. The minimum atomic E-state index is -1.07. The van der Waals surface area contributed by atoms with E-state index >= 15 is 0 Å². The Bertz CT molecular complexity index is 1240. The predicted molar refractivity (Wildman–Crippen MR) is 125 cm³/mol. The van der Waals surface area contributed by atoms with E-state index in [0.717, 1.165) is 28.0 Å². The van der Waals surface area contributed by atoms with Crippen LogP contribution in [0.5, 0.6) is 5.75 Å². The molecule has 0 spiro atoms. The van der Waals surface area contributed by atoms with Crippen LogP contribution in [0, 0.1) is 0 Å². The molecule has 2 aromatic carbocycles. The maximum atomic E-state index is 10.6. The third kappa shape index (κ3) is 3.93. The van der Waals surface area contributed by atoms with Gasteiger partial charge in [-0.05, 0) is 43.7 Å². The van der Waals surface area contributed by atoms with Crippen LogP contribution < -0.4 is 10.1 Å². The average molecular weight is 447 g/mol. The highest BCUT2D eigenvalue weighted by atomic mass is 16.6. The summed E-state index contributed by atoms with van der Waals surface area (Å²) < 4.78 is 13.2. The molecule has 0 unspecified atom stereocenters. The van der Waals surface area contributed by atoms with Crippen LogP contribution in [-0.2, 0) is 4.74 Å². The van der Waals surface area contributed by atoms with Gasteiger partial charge >= 0.3 is 0 Å². The second kappa shape index (κ2) is 8.82. The summed E-state index contributed by atoms with van der Waals surface area (Å²) in [6.07, 6.45) is 0.0734. The molecule has 8 nitrogen and oxygen atoms in total. The number of aliphatic hydroxyl groups is 2. The highest BCUT2D eigenvalue weighted by Crippen LogP contribution is 2.39. The van der Waals surface area contributed by atoms with Gasteiger partial charge in [-0.1, -0.05) is 30.3 Å². The Labute approximate surface area is 191 Å². The Morgan fingerprint density at radius 2 is 1.79 bits per heavy atom. The lowest BCUT2D eigenvalue weighted by atomic mass is 10.1. The minimum Gasteiger partial charge on any atom is -0.494 e. The molecular formula is C25H26N4O4. The number of fused-ring (bicyclic) bond motifs is 1. The van der Waals surface area contributed by atoms with Gasteiger partial charge in [-0.15, -0.1) is 0 Å². The molecule has 1 fully saturated rings. The summed E-state index contributed by atoms with van der Waals surface area (Å²) in [7, 11) is 0. The molecule has 0 bridgehead atoms. The smallest absolute Gasteiger partial charge is 0.164 e. The van der Waals surface area contributed by atoms with Crippen molar-refractivity contribution in [2.24, 2.45) is 0 Å². The summed E-state index contributed by atoms with van der Waals surface area (Å²) in [5.74, 6) is 1.43. The zero-order valence-electron chi connectivity index (χ0n) is 18.4. The van der Waals surface area contributed by atoms with Crippen molar-refractivity contribution < 1.29 is 19.7 Å². The first-order valence-electron chi connectivity index (χ1n) is 11.0. The summed E-state index contributed by atoms with van der Waals surface area (Å²) in [6.45, 7) is 4.30. The molecule has 3 heterocycles. The largest absolute Gasteiger partial charge is 0.494 e. The molecule has 4 aromatic rings. The number of rotatable bonds is 6. The average Bonchev–Trinajstić information content (AvgIpc) is 3.35. The minimum absolute atomic E-state index is 0.495. The topological polar surface area (TPSA) is 102 Å². The Hall–Kier alpha value is -3.46. The Morgan fingerprint density at radius 3 is 2.45 bits per heavy atom. The summed E-state index contributed by atoms with van der Waals surface area (Å²) in [4.78, 5) is 9.03. The highest BCUT2D eigenvalue weighted by Gasteiger charge is 2.42. The van der Waals surface area contributed by atoms with Gasteiger partial charge in [0.1, 0.15) is 35.7 Å². The van der Waals surface area contributed by atoms with Crippen molar-refractivity contribution >= 4 is 22.5 Å². The van der Waals surface area contributed by atoms with Gasteiger partial charge in [0.15, 0.2) is 6.23 Å². The van der Waals surface area contributed by atoms with Crippen molar-refractivity contribution in [1.82, 2.24) is 14.5 Å². The fraction of sp³-hybridized carbons (Fsp3) is 0.280. The van der Waals surface area contributed by atoms with Crippen LogP contribution in [0.4, 0.5) is 11.5 Å². The van der Waals surface area contributed by atoms with Crippen LogP contribution in [0.2, 0.25) is 0 Å². The maximum Gasteiger partial charge on any atom is 0.164 e. The molecule has 0 amide bonds. The van der Waals surface area contributed by atoms with Gasteiger partial charge in [0.05, 0.1) is 18.1 Å². The highest BCUT2D eigenvalue weighted by molar-refractivity contribution is 6.02. The Morgan fingerprint density at radius 1 is 1.03 bits per heavy atom. The van der Waals surface area contributed by atoms with E-state index in [1.807, 2.05) is 67.7 Å². The van der Waals surface area contributed by atoms with Crippen LogP contribution in [-0.4, -0.2) is 49.7 Å². The molecule has 1 aliphatic heterocycles. The van der Waals surface area contributed by atoms with E-state index in [-0.39, 0.29) is 0 Å². The normalized spacial score (nSPS) is 22.5. The lowest BCUT2D eigenvalue weighted by Gasteiger charge is -2.17. The Kier molecular flexibility index (Phi) is 5.72. The summed E-state index contributed by atoms with van der Waals surface area (Å²) in [6, 6.07) is 17.6. The van der Waals surface area contributed by atoms with E-state index in [1.54, 1.807) is 11.5 Å². The van der Waals surface area contributed by atoms with Gasteiger partial charge in [0.25, 0.3) is 0 Å². The molecule has 170 valence electrons. The number of benzene rings is 2. The van der Waals surface area contributed by atoms with Gasteiger partial charge in [-0.3, -0.25) is 0 Å². The Balaban J connectivity index is 1.62. The van der Waals surface area contributed by atoms with E-state index in [4.69, 9.17) is 9.47 Å². The lowest BCUT2D eigenvalue weighted by molar-refractivity contribution is -0.0295. The quantitative estimate of drug-likeness (QED) is 0.413. The second-order valence-electron chi connectivity index (χ2n) is 8.03. The van der Waals surface area contributed by atoms with Crippen LogP contribution in [0.15, 0.2) is 67.1 Å². The lowest BCUT2D eigenvalue weighted by Crippen LogP contribution is -2.30. The van der Waals surface area contributed by atoms with Gasteiger partial charge in [0, 0.05) is 17.4 Å². The number of hydrogen-bond acceptors (Lipinski definition) is 7.